The average Bonchev–Trinajstić information content (AvgIpc) is 3.17. The van der Waals surface area contributed by atoms with Gasteiger partial charge in [-0.05, 0) is 48.9 Å². The number of benzene rings is 1. The van der Waals surface area contributed by atoms with Gasteiger partial charge in [0.1, 0.15) is 0 Å². The smallest absolute Gasteiger partial charge is 0.251 e. The zero-order valence-corrected chi connectivity index (χ0v) is 11.6. The second-order valence-corrected chi connectivity index (χ2v) is 5.41. The summed E-state index contributed by atoms with van der Waals surface area (Å²) in [5.41, 5.74) is 1.35. The van der Waals surface area contributed by atoms with E-state index in [1.165, 1.54) is 6.92 Å². The van der Waals surface area contributed by atoms with E-state index in [1.807, 2.05) is 0 Å². The maximum Gasteiger partial charge on any atom is 0.251 e. The lowest BCUT2D eigenvalue weighted by molar-refractivity contribution is -0.114. The molecule has 5 nitrogen and oxygen atoms in total. The lowest BCUT2D eigenvalue weighted by Crippen LogP contribution is -2.30. The Balaban J connectivity index is 1.88. The Morgan fingerprint density at radius 1 is 1.25 bits per heavy atom. The van der Waals surface area contributed by atoms with Gasteiger partial charge in [0.25, 0.3) is 5.91 Å². The molecule has 20 heavy (non-hydrogen) atoms. The van der Waals surface area contributed by atoms with Crippen LogP contribution in [-0.4, -0.2) is 30.1 Å². The molecule has 1 fully saturated rings. The SMILES string of the molecule is CC(=O)Nc1ccc(C(=O)NCC2(CCO)CC2)cc1. The zero-order chi connectivity index (χ0) is 14.6. The van der Waals surface area contributed by atoms with E-state index in [4.69, 9.17) is 5.11 Å². The Bertz CT molecular complexity index is 492. The number of anilines is 1. The average molecular weight is 276 g/mol. The molecule has 1 saturated carbocycles. The van der Waals surface area contributed by atoms with Gasteiger partial charge in [0, 0.05) is 31.3 Å². The molecule has 0 radical (unpaired) electrons. The van der Waals surface area contributed by atoms with Crippen LogP contribution in [0.2, 0.25) is 0 Å². The number of carbonyl (C=O) groups excluding carboxylic acids is 2. The molecule has 1 aliphatic carbocycles. The third kappa shape index (κ3) is 3.81. The molecule has 3 N–H and O–H groups in total. The zero-order valence-electron chi connectivity index (χ0n) is 11.6. The van der Waals surface area contributed by atoms with Gasteiger partial charge < -0.3 is 15.7 Å². The molecule has 0 spiro atoms. The van der Waals surface area contributed by atoms with Gasteiger partial charge in [-0.25, -0.2) is 0 Å². The number of nitrogens with one attached hydrogen (secondary N) is 2. The summed E-state index contributed by atoms with van der Waals surface area (Å²) in [7, 11) is 0. The monoisotopic (exact) mass is 276 g/mol. The van der Waals surface area contributed by atoms with Crippen LogP contribution >= 0.6 is 0 Å². The molecule has 1 aromatic carbocycles. The summed E-state index contributed by atoms with van der Waals surface area (Å²) < 4.78 is 0. The van der Waals surface area contributed by atoms with Gasteiger partial charge >= 0.3 is 0 Å². The summed E-state index contributed by atoms with van der Waals surface area (Å²) in [4.78, 5) is 22.9. The van der Waals surface area contributed by atoms with Gasteiger partial charge in [0.05, 0.1) is 0 Å². The van der Waals surface area contributed by atoms with Crippen molar-refractivity contribution in [1.29, 1.82) is 0 Å². The number of rotatable bonds is 6. The Kier molecular flexibility index (Phi) is 4.39. The first-order chi connectivity index (χ1) is 9.54. The minimum atomic E-state index is -0.137. The van der Waals surface area contributed by atoms with Crippen molar-refractivity contribution >= 4 is 17.5 Å². The Morgan fingerprint density at radius 2 is 1.90 bits per heavy atom. The highest BCUT2D eigenvalue weighted by molar-refractivity contribution is 5.95. The molecule has 0 aromatic heterocycles. The topological polar surface area (TPSA) is 78.4 Å². The second kappa shape index (κ2) is 6.05. The van der Waals surface area contributed by atoms with Crippen molar-refractivity contribution in [3.8, 4) is 0 Å². The van der Waals surface area contributed by atoms with Gasteiger partial charge in [0.2, 0.25) is 5.91 Å². The maximum atomic E-state index is 12.0. The fraction of sp³-hybridized carbons (Fsp3) is 0.467. The first-order valence-electron chi connectivity index (χ1n) is 6.81. The molecule has 0 aliphatic heterocycles. The van der Waals surface area contributed by atoms with E-state index >= 15 is 0 Å². The second-order valence-electron chi connectivity index (χ2n) is 5.41. The molecule has 0 bridgehead atoms. The number of aliphatic hydroxyl groups excluding tert-OH is 1. The van der Waals surface area contributed by atoms with Crippen molar-refractivity contribution in [2.45, 2.75) is 26.2 Å². The molecule has 1 aliphatic rings. The number of amides is 2. The van der Waals surface area contributed by atoms with E-state index in [1.54, 1.807) is 24.3 Å². The van der Waals surface area contributed by atoms with Gasteiger partial charge in [-0.15, -0.1) is 0 Å². The number of carbonyl (C=O) groups is 2. The predicted octanol–water partition coefficient (Wildman–Crippen LogP) is 1.54. The van der Waals surface area contributed by atoms with Crippen LogP contribution in [0.4, 0.5) is 5.69 Å². The van der Waals surface area contributed by atoms with Gasteiger partial charge in [-0.3, -0.25) is 9.59 Å². The minimum Gasteiger partial charge on any atom is -0.396 e. The predicted molar refractivity (Wildman–Crippen MR) is 76.4 cm³/mol. The molecule has 0 heterocycles. The molecule has 2 amide bonds. The number of hydrogen-bond acceptors (Lipinski definition) is 3. The lowest BCUT2D eigenvalue weighted by atomic mass is 10.0. The van der Waals surface area contributed by atoms with Crippen molar-refractivity contribution in [1.82, 2.24) is 5.32 Å². The Morgan fingerprint density at radius 3 is 2.40 bits per heavy atom. The molecule has 0 atom stereocenters. The van der Waals surface area contributed by atoms with Crippen LogP contribution < -0.4 is 10.6 Å². The van der Waals surface area contributed by atoms with Crippen LogP contribution in [0, 0.1) is 5.41 Å². The molecule has 1 aromatic rings. The molecule has 2 rings (SSSR count). The Hall–Kier alpha value is -1.88. The van der Waals surface area contributed by atoms with E-state index < -0.39 is 0 Å². The minimum absolute atomic E-state index is 0.112. The molecule has 0 unspecified atom stereocenters. The first kappa shape index (κ1) is 14.5. The van der Waals surface area contributed by atoms with E-state index in [-0.39, 0.29) is 23.8 Å². The normalized spacial score (nSPS) is 15.5. The molecule has 108 valence electrons. The van der Waals surface area contributed by atoms with Gasteiger partial charge in [-0.1, -0.05) is 0 Å². The number of hydrogen-bond donors (Lipinski definition) is 3. The highest BCUT2D eigenvalue weighted by Crippen LogP contribution is 2.47. The molecular formula is C15H20N2O3. The lowest BCUT2D eigenvalue weighted by Gasteiger charge is -2.14. The molecular weight excluding hydrogens is 256 g/mol. The van der Waals surface area contributed by atoms with Crippen molar-refractivity contribution in [2.75, 3.05) is 18.5 Å². The highest BCUT2D eigenvalue weighted by Gasteiger charge is 2.41. The van der Waals surface area contributed by atoms with Crippen molar-refractivity contribution in [3.63, 3.8) is 0 Å². The fourth-order valence-electron chi connectivity index (χ4n) is 2.21. The first-order valence-corrected chi connectivity index (χ1v) is 6.81. The standard InChI is InChI=1S/C15H20N2O3/c1-11(19)17-13-4-2-12(3-5-13)14(20)16-10-15(6-7-15)8-9-18/h2-5,18H,6-10H2,1H3,(H,16,20)(H,17,19). The summed E-state index contributed by atoms with van der Waals surface area (Å²) >= 11 is 0. The summed E-state index contributed by atoms with van der Waals surface area (Å²) in [6, 6.07) is 6.78. The molecule has 0 saturated heterocycles. The van der Waals surface area contributed by atoms with Crippen LogP contribution in [0.15, 0.2) is 24.3 Å². The largest absolute Gasteiger partial charge is 0.396 e. The van der Waals surface area contributed by atoms with Crippen LogP contribution in [0.3, 0.4) is 0 Å². The maximum absolute atomic E-state index is 12.0. The van der Waals surface area contributed by atoms with Crippen LogP contribution in [0.25, 0.3) is 0 Å². The van der Waals surface area contributed by atoms with Gasteiger partial charge in [-0.2, -0.15) is 0 Å². The number of aliphatic hydroxyl groups is 1. The van der Waals surface area contributed by atoms with E-state index in [0.29, 0.717) is 17.8 Å². The van der Waals surface area contributed by atoms with Crippen LogP contribution in [-0.2, 0) is 4.79 Å². The van der Waals surface area contributed by atoms with E-state index in [9.17, 15) is 9.59 Å². The van der Waals surface area contributed by atoms with Crippen LogP contribution in [0.5, 0.6) is 0 Å². The van der Waals surface area contributed by atoms with Gasteiger partial charge in [0.15, 0.2) is 0 Å². The summed E-state index contributed by atoms with van der Waals surface area (Å²) in [5.74, 6) is -0.259. The summed E-state index contributed by atoms with van der Waals surface area (Å²) in [6.07, 6.45) is 2.87. The third-order valence-corrected chi connectivity index (χ3v) is 3.69. The van der Waals surface area contributed by atoms with Crippen molar-refractivity contribution in [3.05, 3.63) is 29.8 Å². The highest BCUT2D eigenvalue weighted by atomic mass is 16.3. The van der Waals surface area contributed by atoms with E-state index in [2.05, 4.69) is 10.6 Å². The summed E-state index contributed by atoms with van der Waals surface area (Å²) in [6.45, 7) is 2.22. The Labute approximate surface area is 118 Å². The van der Waals surface area contributed by atoms with E-state index in [0.717, 1.165) is 19.3 Å². The van der Waals surface area contributed by atoms with Crippen molar-refractivity contribution in [2.24, 2.45) is 5.41 Å². The van der Waals surface area contributed by atoms with Crippen LogP contribution in [0.1, 0.15) is 36.5 Å². The third-order valence-electron chi connectivity index (χ3n) is 3.69. The summed E-state index contributed by atoms with van der Waals surface area (Å²) in [5, 5.41) is 14.5. The quantitative estimate of drug-likeness (QED) is 0.737. The van der Waals surface area contributed by atoms with Crippen molar-refractivity contribution < 1.29 is 14.7 Å². The fourth-order valence-corrected chi connectivity index (χ4v) is 2.21. The molecule has 5 heteroatoms.